The number of hydrogen-bond acceptors (Lipinski definition) is 6. The molecule has 0 fully saturated rings. The molecule has 0 aliphatic rings. The van der Waals surface area contributed by atoms with Gasteiger partial charge in [0.1, 0.15) is 5.69 Å². The molecule has 2 N–H and O–H groups in total. The second-order valence-corrected chi connectivity index (χ2v) is 2.83. The summed E-state index contributed by atoms with van der Waals surface area (Å²) in [7, 11) is 0. The normalized spacial score (nSPS) is 9.81. The molecule has 0 saturated heterocycles. The van der Waals surface area contributed by atoms with E-state index in [9.17, 15) is 20.2 Å². The van der Waals surface area contributed by atoms with Crippen molar-refractivity contribution in [2.75, 3.05) is 12.3 Å². The molecule has 1 aromatic rings. The van der Waals surface area contributed by atoms with Crippen LogP contribution >= 0.6 is 0 Å². The van der Waals surface area contributed by atoms with Crippen LogP contribution in [0.15, 0.2) is 12.1 Å². The van der Waals surface area contributed by atoms with Crippen molar-refractivity contribution < 1.29 is 14.6 Å². The van der Waals surface area contributed by atoms with Crippen molar-refractivity contribution in [2.24, 2.45) is 0 Å². The molecule has 86 valence electrons. The van der Waals surface area contributed by atoms with Crippen LogP contribution in [0.4, 0.5) is 17.1 Å². The molecule has 8 nitrogen and oxygen atoms in total. The van der Waals surface area contributed by atoms with Gasteiger partial charge in [-0.1, -0.05) is 0 Å². The van der Waals surface area contributed by atoms with Gasteiger partial charge in [0.25, 0.3) is 5.69 Å². The molecule has 1 aromatic carbocycles. The Kier molecular flexibility index (Phi) is 3.24. The average Bonchev–Trinajstić information content (AvgIpc) is 2.17. The molecule has 0 heterocycles. The second-order valence-electron chi connectivity index (χ2n) is 2.83. The summed E-state index contributed by atoms with van der Waals surface area (Å²) in [6.07, 6.45) is 0. The van der Waals surface area contributed by atoms with Crippen molar-refractivity contribution in [3.05, 3.63) is 32.4 Å². The fraction of sp³-hybridized carbons (Fsp3) is 0.250. The Balaban J connectivity index is 3.36. The van der Waals surface area contributed by atoms with Crippen LogP contribution in [0.1, 0.15) is 6.92 Å². The Bertz CT molecular complexity index is 446. The highest BCUT2D eigenvalue weighted by atomic mass is 16.6. The van der Waals surface area contributed by atoms with Gasteiger partial charge in [-0.05, 0) is 6.92 Å². The lowest BCUT2D eigenvalue weighted by Crippen LogP contribution is -2.02. The molecule has 0 saturated carbocycles. The largest absolute Gasteiger partial charge is 0.487 e. The predicted octanol–water partition coefficient (Wildman–Crippen LogP) is 1.48. The van der Waals surface area contributed by atoms with E-state index in [1.54, 1.807) is 6.92 Å². The Hall–Kier alpha value is -2.38. The highest BCUT2D eigenvalue weighted by molar-refractivity contribution is 5.68. The first-order chi connectivity index (χ1) is 7.47. The average molecular weight is 227 g/mol. The zero-order chi connectivity index (χ0) is 12.3. The zero-order valence-electron chi connectivity index (χ0n) is 8.37. The summed E-state index contributed by atoms with van der Waals surface area (Å²) in [5, 5.41) is 21.2. The van der Waals surface area contributed by atoms with E-state index < -0.39 is 21.2 Å². The quantitative estimate of drug-likeness (QED) is 0.472. The van der Waals surface area contributed by atoms with Gasteiger partial charge in [-0.15, -0.1) is 0 Å². The maximum absolute atomic E-state index is 10.6. The number of benzene rings is 1. The molecule has 16 heavy (non-hydrogen) atoms. The second kappa shape index (κ2) is 4.43. The van der Waals surface area contributed by atoms with Gasteiger partial charge < -0.3 is 10.5 Å². The minimum atomic E-state index is -0.780. The van der Waals surface area contributed by atoms with Gasteiger partial charge in [0.05, 0.1) is 22.5 Å². The fourth-order valence-electron chi connectivity index (χ4n) is 1.14. The molecule has 0 aromatic heterocycles. The Morgan fingerprint density at radius 2 is 1.81 bits per heavy atom. The number of nitro groups is 2. The van der Waals surface area contributed by atoms with E-state index >= 15 is 0 Å². The monoisotopic (exact) mass is 227 g/mol. The van der Waals surface area contributed by atoms with E-state index in [2.05, 4.69) is 0 Å². The van der Waals surface area contributed by atoms with E-state index in [0.29, 0.717) is 0 Å². The summed E-state index contributed by atoms with van der Waals surface area (Å²) in [6.45, 7) is 1.85. The summed E-state index contributed by atoms with van der Waals surface area (Å²) in [4.78, 5) is 19.6. The minimum absolute atomic E-state index is 0.0735. The summed E-state index contributed by atoms with van der Waals surface area (Å²) in [6, 6.07) is 1.88. The first kappa shape index (κ1) is 11.7. The molecule has 0 aliphatic heterocycles. The number of hydrogen-bond donors (Lipinski definition) is 1. The lowest BCUT2D eigenvalue weighted by molar-refractivity contribution is -0.394. The zero-order valence-corrected chi connectivity index (χ0v) is 8.37. The fourth-order valence-corrected chi connectivity index (χ4v) is 1.14. The van der Waals surface area contributed by atoms with Crippen molar-refractivity contribution in [1.82, 2.24) is 0 Å². The smallest absolute Gasteiger partial charge is 0.317 e. The van der Waals surface area contributed by atoms with E-state index in [-0.39, 0.29) is 18.0 Å². The van der Waals surface area contributed by atoms with Gasteiger partial charge in [-0.25, -0.2) is 0 Å². The van der Waals surface area contributed by atoms with Crippen LogP contribution in [0.2, 0.25) is 0 Å². The topological polar surface area (TPSA) is 122 Å². The number of nitrogens with zero attached hydrogens (tertiary/aromatic N) is 2. The highest BCUT2D eigenvalue weighted by Crippen LogP contribution is 2.35. The number of nitrogen functional groups attached to an aromatic ring is 1. The van der Waals surface area contributed by atoms with Crippen molar-refractivity contribution in [2.45, 2.75) is 6.92 Å². The van der Waals surface area contributed by atoms with Crippen LogP contribution in [-0.4, -0.2) is 16.5 Å². The maximum atomic E-state index is 10.6. The van der Waals surface area contributed by atoms with Crippen molar-refractivity contribution in [3.8, 4) is 5.75 Å². The molecular weight excluding hydrogens is 218 g/mol. The number of rotatable bonds is 4. The molecule has 0 bridgehead atoms. The molecule has 0 radical (unpaired) electrons. The number of ether oxygens (including phenoxy) is 1. The summed E-state index contributed by atoms with van der Waals surface area (Å²) in [5.74, 6) is -0.0735. The minimum Gasteiger partial charge on any atom is -0.487 e. The summed E-state index contributed by atoms with van der Waals surface area (Å²) >= 11 is 0. The Morgan fingerprint density at radius 3 is 2.25 bits per heavy atom. The van der Waals surface area contributed by atoms with Gasteiger partial charge >= 0.3 is 5.69 Å². The van der Waals surface area contributed by atoms with E-state index in [0.717, 1.165) is 12.1 Å². The molecule has 0 unspecified atom stereocenters. The van der Waals surface area contributed by atoms with E-state index in [4.69, 9.17) is 10.5 Å². The maximum Gasteiger partial charge on any atom is 0.317 e. The van der Waals surface area contributed by atoms with Crippen LogP contribution in [0.25, 0.3) is 0 Å². The van der Waals surface area contributed by atoms with Gasteiger partial charge in [0.2, 0.25) is 0 Å². The third-order valence-corrected chi connectivity index (χ3v) is 1.80. The predicted molar refractivity (Wildman–Crippen MR) is 55.3 cm³/mol. The van der Waals surface area contributed by atoms with Gasteiger partial charge in [0, 0.05) is 6.07 Å². The van der Waals surface area contributed by atoms with E-state index in [1.807, 2.05) is 0 Å². The van der Waals surface area contributed by atoms with Gasteiger partial charge in [-0.3, -0.25) is 20.2 Å². The Morgan fingerprint density at radius 1 is 1.25 bits per heavy atom. The lowest BCUT2D eigenvalue weighted by Gasteiger charge is -2.05. The molecular formula is C8H9N3O5. The number of nitrogens with two attached hydrogens (primary N) is 1. The molecule has 0 spiro atoms. The molecule has 8 heteroatoms. The van der Waals surface area contributed by atoms with Crippen LogP contribution in [0.5, 0.6) is 5.75 Å². The third-order valence-electron chi connectivity index (χ3n) is 1.80. The van der Waals surface area contributed by atoms with Gasteiger partial charge in [0.15, 0.2) is 5.75 Å². The van der Waals surface area contributed by atoms with Crippen LogP contribution in [-0.2, 0) is 0 Å². The first-order valence-electron chi connectivity index (χ1n) is 4.32. The molecule has 0 amide bonds. The van der Waals surface area contributed by atoms with E-state index in [1.165, 1.54) is 0 Å². The van der Waals surface area contributed by atoms with Crippen molar-refractivity contribution in [3.63, 3.8) is 0 Å². The summed E-state index contributed by atoms with van der Waals surface area (Å²) in [5.41, 5.74) is 4.24. The van der Waals surface area contributed by atoms with Crippen molar-refractivity contribution >= 4 is 17.1 Å². The lowest BCUT2D eigenvalue weighted by atomic mass is 10.2. The Labute approximate surface area is 89.9 Å². The molecule has 1 rings (SSSR count). The van der Waals surface area contributed by atoms with Crippen molar-refractivity contribution in [1.29, 1.82) is 0 Å². The SMILES string of the molecule is CCOc1cc(N)c([N+](=O)[O-])cc1[N+](=O)[O-]. The standard InChI is InChI=1S/C8H9N3O5/c1-2-16-8-3-5(9)6(10(12)13)4-7(8)11(14)15/h3-4H,2,9H2,1H3. The summed E-state index contributed by atoms with van der Waals surface area (Å²) < 4.78 is 4.97. The van der Waals surface area contributed by atoms with Crippen LogP contribution in [0.3, 0.4) is 0 Å². The van der Waals surface area contributed by atoms with Gasteiger partial charge in [-0.2, -0.15) is 0 Å². The van der Waals surface area contributed by atoms with Crippen LogP contribution < -0.4 is 10.5 Å². The highest BCUT2D eigenvalue weighted by Gasteiger charge is 2.23. The molecule has 0 aliphatic carbocycles. The third kappa shape index (κ3) is 2.16. The number of anilines is 1. The first-order valence-corrected chi connectivity index (χ1v) is 4.32. The van der Waals surface area contributed by atoms with Crippen LogP contribution in [0, 0.1) is 20.2 Å². The number of nitro benzene ring substituents is 2. The molecule has 0 atom stereocenters.